The number of imide groups is 1. The Morgan fingerprint density at radius 2 is 1.93 bits per heavy atom. The zero-order chi connectivity index (χ0) is 20.4. The maximum absolute atomic E-state index is 12.8. The molecule has 150 valence electrons. The molecule has 0 fully saturated rings. The van der Waals surface area contributed by atoms with Crippen molar-refractivity contribution >= 4 is 45.2 Å². The molecule has 1 aliphatic carbocycles. The lowest BCUT2D eigenvalue weighted by atomic mass is 9.95. The molecule has 2 N–H and O–H groups in total. The van der Waals surface area contributed by atoms with Crippen LogP contribution in [0.2, 0.25) is 0 Å². The zero-order valence-electron chi connectivity index (χ0n) is 15.9. The van der Waals surface area contributed by atoms with Gasteiger partial charge in [-0.2, -0.15) is 0 Å². The Balaban J connectivity index is 1.63. The first kappa shape index (κ1) is 19.2. The van der Waals surface area contributed by atoms with Gasteiger partial charge in [-0.15, -0.1) is 11.3 Å². The highest BCUT2D eigenvalue weighted by Crippen LogP contribution is 2.38. The molecule has 3 amide bonds. The van der Waals surface area contributed by atoms with Gasteiger partial charge in [0.15, 0.2) is 5.76 Å². The normalized spacial score (nSPS) is 13.0. The Kier molecular flexibility index (Phi) is 5.35. The summed E-state index contributed by atoms with van der Waals surface area (Å²) in [7, 11) is 0. The minimum absolute atomic E-state index is 0.161. The summed E-state index contributed by atoms with van der Waals surface area (Å²) in [5, 5.41) is 6.29. The molecule has 4 rings (SSSR count). The Bertz CT molecular complexity index is 1060. The predicted octanol–water partition coefficient (Wildman–Crippen LogP) is 4.51. The second-order valence-corrected chi connectivity index (χ2v) is 7.80. The molecule has 1 aliphatic rings. The van der Waals surface area contributed by atoms with Crippen molar-refractivity contribution in [2.24, 2.45) is 0 Å². The lowest BCUT2D eigenvalue weighted by Gasteiger charge is -2.12. The first-order valence-electron chi connectivity index (χ1n) is 9.49. The molecule has 0 bridgehead atoms. The molecule has 2 heterocycles. The number of ether oxygens (including phenoxy) is 1. The van der Waals surface area contributed by atoms with Crippen molar-refractivity contribution in [3.8, 4) is 0 Å². The van der Waals surface area contributed by atoms with Gasteiger partial charge in [0.05, 0.1) is 12.2 Å². The number of hydrogen-bond acceptors (Lipinski definition) is 6. The van der Waals surface area contributed by atoms with E-state index in [0.717, 1.165) is 41.5 Å². The summed E-state index contributed by atoms with van der Waals surface area (Å²) in [6, 6.07) is 9.01. The molecule has 0 aliphatic heterocycles. The van der Waals surface area contributed by atoms with Crippen LogP contribution in [0.1, 0.15) is 51.1 Å². The SMILES string of the molecule is CCOC(=O)NC(=O)c1c(NC(=O)c2cc3ccccc3o2)sc2c1CCCC2. The van der Waals surface area contributed by atoms with Crippen molar-refractivity contribution in [1.29, 1.82) is 0 Å². The fourth-order valence-electron chi connectivity index (χ4n) is 3.48. The summed E-state index contributed by atoms with van der Waals surface area (Å²) >= 11 is 1.37. The van der Waals surface area contributed by atoms with E-state index in [9.17, 15) is 14.4 Å². The minimum atomic E-state index is -0.803. The van der Waals surface area contributed by atoms with Crippen molar-refractivity contribution in [1.82, 2.24) is 5.32 Å². The smallest absolute Gasteiger partial charge is 0.414 e. The highest BCUT2D eigenvalue weighted by molar-refractivity contribution is 7.17. The van der Waals surface area contributed by atoms with Gasteiger partial charge in [-0.1, -0.05) is 18.2 Å². The maximum Gasteiger partial charge on any atom is 0.414 e. The summed E-state index contributed by atoms with van der Waals surface area (Å²) < 4.78 is 10.4. The lowest BCUT2D eigenvalue weighted by molar-refractivity contribution is 0.0925. The lowest BCUT2D eigenvalue weighted by Crippen LogP contribution is -2.32. The number of hydrogen-bond donors (Lipinski definition) is 2. The number of nitrogens with one attached hydrogen (secondary N) is 2. The van der Waals surface area contributed by atoms with Gasteiger partial charge in [0.1, 0.15) is 10.6 Å². The van der Waals surface area contributed by atoms with Gasteiger partial charge in [0, 0.05) is 10.3 Å². The highest BCUT2D eigenvalue weighted by atomic mass is 32.1. The summed E-state index contributed by atoms with van der Waals surface area (Å²) in [6.45, 7) is 1.83. The number of carbonyl (C=O) groups is 3. The summed E-state index contributed by atoms with van der Waals surface area (Å²) in [5.41, 5.74) is 1.84. The minimum Gasteiger partial charge on any atom is -0.451 e. The number of rotatable bonds is 4. The van der Waals surface area contributed by atoms with E-state index in [1.807, 2.05) is 18.2 Å². The van der Waals surface area contributed by atoms with Crippen LogP contribution in [-0.2, 0) is 17.6 Å². The number of benzene rings is 1. The first-order chi connectivity index (χ1) is 14.1. The van der Waals surface area contributed by atoms with Gasteiger partial charge in [-0.3, -0.25) is 14.9 Å². The number of fused-ring (bicyclic) bond motifs is 2. The van der Waals surface area contributed by atoms with Crippen LogP contribution in [0, 0.1) is 0 Å². The van der Waals surface area contributed by atoms with E-state index in [-0.39, 0.29) is 12.4 Å². The van der Waals surface area contributed by atoms with Crippen molar-refractivity contribution < 1.29 is 23.5 Å². The van der Waals surface area contributed by atoms with Crippen LogP contribution in [-0.4, -0.2) is 24.5 Å². The van der Waals surface area contributed by atoms with E-state index in [4.69, 9.17) is 9.15 Å². The second kappa shape index (κ2) is 8.08. The molecule has 2 aromatic heterocycles. The molecular weight excluding hydrogens is 392 g/mol. The number of alkyl carbamates (subject to hydrolysis) is 1. The van der Waals surface area contributed by atoms with Crippen molar-refractivity contribution in [3.63, 3.8) is 0 Å². The van der Waals surface area contributed by atoms with E-state index in [1.165, 1.54) is 11.3 Å². The molecule has 8 heteroatoms. The third-order valence-corrected chi connectivity index (χ3v) is 5.97. The van der Waals surface area contributed by atoms with Crippen molar-refractivity contribution in [2.45, 2.75) is 32.6 Å². The van der Waals surface area contributed by atoms with Crippen LogP contribution in [0.15, 0.2) is 34.7 Å². The molecule has 0 unspecified atom stereocenters. The fraction of sp³-hybridized carbons (Fsp3) is 0.286. The topological polar surface area (TPSA) is 97.6 Å². The number of aryl methyl sites for hydroxylation is 1. The van der Waals surface area contributed by atoms with Crippen LogP contribution < -0.4 is 10.6 Å². The number of amides is 3. The fourth-order valence-corrected chi connectivity index (χ4v) is 4.76. The zero-order valence-corrected chi connectivity index (χ0v) is 16.7. The molecule has 0 spiro atoms. The Morgan fingerprint density at radius 3 is 2.72 bits per heavy atom. The van der Waals surface area contributed by atoms with Gasteiger partial charge in [-0.25, -0.2) is 4.79 Å². The Morgan fingerprint density at radius 1 is 1.14 bits per heavy atom. The molecule has 3 aromatic rings. The number of thiophene rings is 1. The average Bonchev–Trinajstić information content (AvgIpc) is 3.29. The molecular formula is C21H20N2O5S. The number of furan rings is 1. The van der Waals surface area contributed by atoms with Gasteiger partial charge in [0.2, 0.25) is 0 Å². The molecule has 0 atom stereocenters. The summed E-state index contributed by atoms with van der Waals surface area (Å²) in [4.78, 5) is 38.3. The van der Waals surface area contributed by atoms with Gasteiger partial charge in [-0.05, 0) is 50.3 Å². The van der Waals surface area contributed by atoms with E-state index in [1.54, 1.807) is 19.1 Å². The standard InChI is InChI=1S/C21H20N2O5S/c1-2-27-21(26)23-19(25)17-13-8-4-6-10-16(13)29-20(17)22-18(24)15-11-12-7-3-5-9-14(12)28-15/h3,5,7,9,11H,2,4,6,8,10H2,1H3,(H,22,24)(H,23,25,26). The second-order valence-electron chi connectivity index (χ2n) is 6.69. The third kappa shape index (κ3) is 3.88. The first-order valence-corrected chi connectivity index (χ1v) is 10.3. The van der Waals surface area contributed by atoms with E-state index < -0.39 is 17.9 Å². The highest BCUT2D eigenvalue weighted by Gasteiger charge is 2.28. The van der Waals surface area contributed by atoms with E-state index in [2.05, 4.69) is 10.6 Å². The molecule has 1 aromatic carbocycles. The summed E-state index contributed by atoms with van der Waals surface area (Å²) in [5.74, 6) is -0.845. The third-order valence-electron chi connectivity index (χ3n) is 4.77. The molecule has 0 saturated carbocycles. The van der Waals surface area contributed by atoms with Gasteiger partial charge >= 0.3 is 6.09 Å². The van der Waals surface area contributed by atoms with Crippen molar-refractivity contribution in [2.75, 3.05) is 11.9 Å². The van der Waals surface area contributed by atoms with Gasteiger partial charge < -0.3 is 14.5 Å². The average molecular weight is 412 g/mol. The monoisotopic (exact) mass is 412 g/mol. The Hall–Kier alpha value is -3.13. The van der Waals surface area contributed by atoms with E-state index in [0.29, 0.717) is 16.1 Å². The number of anilines is 1. The van der Waals surface area contributed by atoms with Gasteiger partial charge in [0.25, 0.3) is 11.8 Å². The van der Waals surface area contributed by atoms with Crippen molar-refractivity contribution in [3.05, 3.63) is 52.1 Å². The molecule has 7 nitrogen and oxygen atoms in total. The van der Waals surface area contributed by atoms with E-state index >= 15 is 0 Å². The predicted molar refractivity (Wildman–Crippen MR) is 110 cm³/mol. The Labute approximate surface area is 171 Å². The number of carbonyl (C=O) groups excluding carboxylic acids is 3. The van der Waals surface area contributed by atoms with Crippen LogP contribution >= 0.6 is 11.3 Å². The molecule has 29 heavy (non-hydrogen) atoms. The van der Waals surface area contributed by atoms with Crippen LogP contribution in [0.25, 0.3) is 11.0 Å². The van der Waals surface area contributed by atoms with Crippen LogP contribution in [0.5, 0.6) is 0 Å². The summed E-state index contributed by atoms with van der Waals surface area (Å²) in [6.07, 6.45) is 2.77. The quantitative estimate of drug-likeness (QED) is 0.657. The maximum atomic E-state index is 12.8. The van der Waals surface area contributed by atoms with Crippen LogP contribution in [0.4, 0.5) is 9.80 Å². The molecule has 0 radical (unpaired) electrons. The number of para-hydroxylation sites is 1. The largest absolute Gasteiger partial charge is 0.451 e. The van der Waals surface area contributed by atoms with Crippen LogP contribution in [0.3, 0.4) is 0 Å². The molecule has 0 saturated heterocycles.